The molecule has 1 aliphatic rings. The number of carbonyl (C=O) groups is 2. The number of carbonyl (C=O) groups excluding carboxylic acids is 2. The van der Waals surface area contributed by atoms with Gasteiger partial charge in [-0.15, -0.1) is 0 Å². The fourth-order valence-corrected chi connectivity index (χ4v) is 1.90. The molecule has 84 valence electrons. The van der Waals surface area contributed by atoms with Crippen LogP contribution in [0.4, 0.5) is 5.69 Å². The van der Waals surface area contributed by atoms with Crippen molar-refractivity contribution in [1.82, 2.24) is 5.32 Å². The van der Waals surface area contributed by atoms with E-state index < -0.39 is 0 Å². The highest BCUT2D eigenvalue weighted by Gasteiger charge is 2.24. The summed E-state index contributed by atoms with van der Waals surface area (Å²) in [6, 6.07) is 5.88. The van der Waals surface area contributed by atoms with Crippen molar-refractivity contribution >= 4 is 17.5 Å². The molecule has 1 saturated heterocycles. The van der Waals surface area contributed by atoms with Gasteiger partial charge in [-0.3, -0.25) is 9.59 Å². The van der Waals surface area contributed by atoms with E-state index >= 15 is 0 Å². The van der Waals surface area contributed by atoms with Gasteiger partial charge in [-0.05, 0) is 37.1 Å². The monoisotopic (exact) mass is 218 g/mol. The SMILES string of the molecule is Cc1cc(C)cc(N2CC(=O)NCC2=O)c1. The third-order valence-electron chi connectivity index (χ3n) is 2.56. The average molecular weight is 218 g/mol. The van der Waals surface area contributed by atoms with Crippen molar-refractivity contribution < 1.29 is 9.59 Å². The Morgan fingerprint density at radius 3 is 2.38 bits per heavy atom. The Kier molecular flexibility index (Phi) is 2.64. The van der Waals surface area contributed by atoms with Gasteiger partial charge >= 0.3 is 0 Å². The minimum Gasteiger partial charge on any atom is -0.345 e. The van der Waals surface area contributed by atoms with Gasteiger partial charge in [-0.25, -0.2) is 0 Å². The third kappa shape index (κ3) is 2.05. The maximum atomic E-state index is 11.7. The van der Waals surface area contributed by atoms with E-state index in [1.54, 1.807) is 0 Å². The number of hydrogen-bond acceptors (Lipinski definition) is 2. The number of hydrogen-bond donors (Lipinski definition) is 1. The molecule has 1 aromatic rings. The Bertz CT molecular complexity index is 434. The van der Waals surface area contributed by atoms with Gasteiger partial charge in [0.25, 0.3) is 0 Å². The first-order chi connectivity index (χ1) is 7.56. The van der Waals surface area contributed by atoms with Crippen LogP contribution in [-0.4, -0.2) is 24.9 Å². The second-order valence-electron chi connectivity index (χ2n) is 4.10. The summed E-state index contributed by atoms with van der Waals surface area (Å²) in [6.07, 6.45) is 0. The number of rotatable bonds is 1. The van der Waals surface area contributed by atoms with Crippen LogP contribution in [0.3, 0.4) is 0 Å². The second-order valence-corrected chi connectivity index (χ2v) is 4.10. The molecule has 0 unspecified atom stereocenters. The molecule has 0 bridgehead atoms. The fourth-order valence-electron chi connectivity index (χ4n) is 1.90. The maximum Gasteiger partial charge on any atom is 0.246 e. The lowest BCUT2D eigenvalue weighted by atomic mass is 10.1. The van der Waals surface area contributed by atoms with Gasteiger partial charge in [0.15, 0.2) is 0 Å². The molecular weight excluding hydrogens is 204 g/mol. The van der Waals surface area contributed by atoms with Crippen LogP contribution in [0.15, 0.2) is 18.2 Å². The van der Waals surface area contributed by atoms with Crippen LogP contribution in [0.1, 0.15) is 11.1 Å². The van der Waals surface area contributed by atoms with Crippen LogP contribution in [-0.2, 0) is 9.59 Å². The number of benzene rings is 1. The lowest BCUT2D eigenvalue weighted by Crippen LogP contribution is -2.51. The van der Waals surface area contributed by atoms with Crippen molar-refractivity contribution in [3.05, 3.63) is 29.3 Å². The Labute approximate surface area is 94.2 Å². The molecule has 0 atom stereocenters. The zero-order valence-corrected chi connectivity index (χ0v) is 9.41. The number of amides is 2. The molecule has 0 radical (unpaired) electrons. The molecule has 0 spiro atoms. The molecule has 4 nitrogen and oxygen atoms in total. The molecule has 1 N–H and O–H groups in total. The van der Waals surface area contributed by atoms with Crippen molar-refractivity contribution in [3.8, 4) is 0 Å². The highest BCUT2D eigenvalue weighted by molar-refractivity contribution is 6.04. The normalized spacial score (nSPS) is 16.2. The summed E-state index contributed by atoms with van der Waals surface area (Å²) in [4.78, 5) is 24.5. The Balaban J connectivity index is 2.34. The van der Waals surface area contributed by atoms with Crippen LogP contribution < -0.4 is 10.2 Å². The van der Waals surface area contributed by atoms with Gasteiger partial charge in [-0.1, -0.05) is 6.07 Å². The van der Waals surface area contributed by atoms with Gasteiger partial charge in [-0.2, -0.15) is 0 Å². The standard InChI is InChI=1S/C12H14N2O2/c1-8-3-9(2)5-10(4-8)14-7-11(15)13-6-12(14)16/h3-5H,6-7H2,1-2H3,(H,13,15). The largest absolute Gasteiger partial charge is 0.345 e. The highest BCUT2D eigenvalue weighted by atomic mass is 16.2. The molecule has 0 saturated carbocycles. The zero-order valence-electron chi connectivity index (χ0n) is 9.41. The number of nitrogens with zero attached hydrogens (tertiary/aromatic N) is 1. The number of anilines is 1. The molecular formula is C12H14N2O2. The van der Waals surface area contributed by atoms with Crippen molar-refractivity contribution in [3.63, 3.8) is 0 Å². The Hall–Kier alpha value is -1.84. The first-order valence-electron chi connectivity index (χ1n) is 5.21. The number of nitrogens with one attached hydrogen (secondary N) is 1. The topological polar surface area (TPSA) is 49.4 Å². The van der Waals surface area contributed by atoms with Gasteiger partial charge in [0.1, 0.15) is 6.54 Å². The fraction of sp³-hybridized carbons (Fsp3) is 0.333. The van der Waals surface area contributed by atoms with E-state index in [0.29, 0.717) is 0 Å². The summed E-state index contributed by atoms with van der Waals surface area (Å²) in [7, 11) is 0. The highest BCUT2D eigenvalue weighted by Crippen LogP contribution is 2.19. The first-order valence-corrected chi connectivity index (χ1v) is 5.21. The first kappa shape index (κ1) is 10.7. The molecule has 16 heavy (non-hydrogen) atoms. The zero-order chi connectivity index (χ0) is 11.7. The summed E-state index contributed by atoms with van der Waals surface area (Å²) >= 11 is 0. The van der Waals surface area contributed by atoms with Crippen LogP contribution in [0.25, 0.3) is 0 Å². The molecule has 0 aliphatic carbocycles. The van der Waals surface area contributed by atoms with Crippen LogP contribution in [0, 0.1) is 13.8 Å². The predicted octanol–water partition coefficient (Wildman–Crippen LogP) is 0.766. The number of aryl methyl sites for hydroxylation is 2. The molecule has 1 fully saturated rings. The van der Waals surface area contributed by atoms with E-state index in [1.165, 1.54) is 4.90 Å². The lowest BCUT2D eigenvalue weighted by Gasteiger charge is -2.27. The van der Waals surface area contributed by atoms with Crippen LogP contribution >= 0.6 is 0 Å². The number of piperazine rings is 1. The minimum atomic E-state index is -0.112. The van der Waals surface area contributed by atoms with Crippen LogP contribution in [0.5, 0.6) is 0 Å². The molecule has 1 aliphatic heterocycles. The van der Waals surface area contributed by atoms with Crippen molar-refractivity contribution in [1.29, 1.82) is 0 Å². The second kappa shape index (κ2) is 3.96. The lowest BCUT2D eigenvalue weighted by molar-refractivity contribution is -0.128. The summed E-state index contributed by atoms with van der Waals surface area (Å²) in [5.41, 5.74) is 2.99. The molecule has 2 amide bonds. The van der Waals surface area contributed by atoms with E-state index in [2.05, 4.69) is 5.32 Å². The Morgan fingerprint density at radius 1 is 1.12 bits per heavy atom. The van der Waals surface area contributed by atoms with Crippen LogP contribution in [0.2, 0.25) is 0 Å². The quantitative estimate of drug-likeness (QED) is 0.756. The van der Waals surface area contributed by atoms with Crippen molar-refractivity contribution in [2.75, 3.05) is 18.0 Å². The summed E-state index contributed by atoms with van der Waals surface area (Å²) in [6.45, 7) is 4.16. The molecule has 1 aromatic carbocycles. The molecule has 2 rings (SSSR count). The Morgan fingerprint density at radius 2 is 1.75 bits per heavy atom. The van der Waals surface area contributed by atoms with Gasteiger partial charge in [0.2, 0.25) is 11.8 Å². The third-order valence-corrected chi connectivity index (χ3v) is 2.56. The summed E-state index contributed by atoms with van der Waals surface area (Å²) in [5, 5.41) is 2.53. The molecule has 4 heteroatoms. The molecule has 1 heterocycles. The van der Waals surface area contributed by atoms with E-state index in [4.69, 9.17) is 0 Å². The van der Waals surface area contributed by atoms with E-state index in [0.717, 1.165) is 16.8 Å². The van der Waals surface area contributed by atoms with Gasteiger partial charge in [0.05, 0.1) is 6.54 Å². The summed E-state index contributed by atoms with van der Waals surface area (Å²) in [5.74, 6) is -0.177. The van der Waals surface area contributed by atoms with Crippen molar-refractivity contribution in [2.45, 2.75) is 13.8 Å². The van der Waals surface area contributed by atoms with E-state index in [9.17, 15) is 9.59 Å². The van der Waals surface area contributed by atoms with Gasteiger partial charge in [0, 0.05) is 5.69 Å². The minimum absolute atomic E-state index is 0.0652. The van der Waals surface area contributed by atoms with Gasteiger partial charge < -0.3 is 10.2 Å². The van der Waals surface area contributed by atoms with E-state index in [1.807, 2.05) is 32.0 Å². The summed E-state index contributed by atoms with van der Waals surface area (Å²) < 4.78 is 0. The maximum absolute atomic E-state index is 11.7. The molecule has 0 aromatic heterocycles. The smallest absolute Gasteiger partial charge is 0.246 e. The predicted molar refractivity (Wildman–Crippen MR) is 61.3 cm³/mol. The van der Waals surface area contributed by atoms with Crippen molar-refractivity contribution in [2.24, 2.45) is 0 Å². The average Bonchev–Trinajstić information content (AvgIpc) is 2.20. The van der Waals surface area contributed by atoms with E-state index in [-0.39, 0.29) is 24.9 Å².